The molecule has 0 spiro atoms. The second-order valence-corrected chi connectivity index (χ2v) is 7.33. The summed E-state index contributed by atoms with van der Waals surface area (Å²) in [6.45, 7) is 7.14. The molecule has 1 heterocycles. The molecular formula is C14H17N3O2S. The zero-order valence-electron chi connectivity index (χ0n) is 11.8. The van der Waals surface area contributed by atoms with Gasteiger partial charge >= 0.3 is 0 Å². The van der Waals surface area contributed by atoms with Crippen molar-refractivity contribution in [1.29, 1.82) is 0 Å². The fraction of sp³-hybridized carbons (Fsp3) is 0.500. The normalized spacial score (nSPS) is 20.1. The van der Waals surface area contributed by atoms with Crippen LogP contribution in [0.3, 0.4) is 0 Å². The molecule has 1 aromatic heterocycles. The smallest absolute Gasteiger partial charge is 0.293 e. The molecule has 106 valence electrons. The molecule has 0 radical (unpaired) electrons. The highest BCUT2D eigenvalue weighted by molar-refractivity contribution is 7.18. The molecule has 6 heteroatoms. The molecule has 1 saturated carbocycles. The average molecular weight is 291 g/mol. The van der Waals surface area contributed by atoms with Gasteiger partial charge in [-0.3, -0.25) is 10.1 Å². The number of aryl methyl sites for hydroxylation is 1. The zero-order chi connectivity index (χ0) is 14.5. The highest BCUT2D eigenvalue weighted by Gasteiger charge is 2.45. The molecule has 0 bridgehead atoms. The molecule has 0 amide bonds. The summed E-state index contributed by atoms with van der Waals surface area (Å²) < 4.78 is 0.867. The van der Waals surface area contributed by atoms with Crippen LogP contribution in [0.25, 0.3) is 10.2 Å². The van der Waals surface area contributed by atoms with E-state index in [0.29, 0.717) is 17.0 Å². The van der Waals surface area contributed by atoms with Crippen LogP contribution in [0.1, 0.15) is 25.3 Å². The van der Waals surface area contributed by atoms with Gasteiger partial charge in [0.2, 0.25) is 0 Å². The van der Waals surface area contributed by atoms with E-state index in [1.54, 1.807) is 12.1 Å². The summed E-state index contributed by atoms with van der Waals surface area (Å²) in [7, 11) is 0. The van der Waals surface area contributed by atoms with Gasteiger partial charge in [0.15, 0.2) is 0 Å². The SMILES string of the molecule is Cc1nc2cc(NCC3CC3(C)C)c([N+](=O)[O-])cc2s1. The van der Waals surface area contributed by atoms with Gasteiger partial charge < -0.3 is 5.32 Å². The lowest BCUT2D eigenvalue weighted by Gasteiger charge is -2.08. The highest BCUT2D eigenvalue weighted by Crippen LogP contribution is 2.51. The maximum Gasteiger partial charge on any atom is 0.293 e. The Hall–Kier alpha value is -1.69. The van der Waals surface area contributed by atoms with E-state index < -0.39 is 0 Å². The van der Waals surface area contributed by atoms with Gasteiger partial charge in [-0.05, 0) is 30.7 Å². The second-order valence-electron chi connectivity index (χ2n) is 6.10. The number of benzene rings is 1. The Labute approximate surface area is 121 Å². The van der Waals surface area contributed by atoms with Crippen LogP contribution < -0.4 is 5.32 Å². The molecule has 1 aliphatic carbocycles. The van der Waals surface area contributed by atoms with Crippen molar-refractivity contribution in [2.45, 2.75) is 27.2 Å². The minimum Gasteiger partial charge on any atom is -0.379 e. The summed E-state index contributed by atoms with van der Waals surface area (Å²) in [6, 6.07) is 3.42. The molecule has 1 atom stereocenters. The van der Waals surface area contributed by atoms with Crippen LogP contribution in [-0.4, -0.2) is 16.5 Å². The van der Waals surface area contributed by atoms with E-state index in [9.17, 15) is 10.1 Å². The molecule has 1 aromatic carbocycles. The van der Waals surface area contributed by atoms with Crippen molar-refractivity contribution in [3.63, 3.8) is 0 Å². The van der Waals surface area contributed by atoms with Crippen molar-refractivity contribution >= 4 is 32.9 Å². The van der Waals surface area contributed by atoms with Gasteiger partial charge in [0, 0.05) is 12.6 Å². The summed E-state index contributed by atoms with van der Waals surface area (Å²) in [5.41, 5.74) is 1.91. The van der Waals surface area contributed by atoms with E-state index in [1.165, 1.54) is 17.8 Å². The quantitative estimate of drug-likeness (QED) is 0.683. The third-order valence-corrected chi connectivity index (χ3v) is 5.00. The number of nitro groups is 1. The van der Waals surface area contributed by atoms with Gasteiger partial charge in [0.25, 0.3) is 5.69 Å². The van der Waals surface area contributed by atoms with E-state index in [1.807, 2.05) is 6.92 Å². The number of aromatic nitrogens is 1. The topological polar surface area (TPSA) is 68.1 Å². The van der Waals surface area contributed by atoms with Gasteiger partial charge in [-0.1, -0.05) is 13.8 Å². The van der Waals surface area contributed by atoms with Crippen molar-refractivity contribution in [2.75, 3.05) is 11.9 Å². The number of hydrogen-bond acceptors (Lipinski definition) is 5. The number of fused-ring (bicyclic) bond motifs is 1. The highest BCUT2D eigenvalue weighted by atomic mass is 32.1. The third kappa shape index (κ3) is 2.35. The summed E-state index contributed by atoms with van der Waals surface area (Å²) in [5, 5.41) is 15.4. The fourth-order valence-electron chi connectivity index (χ4n) is 2.53. The number of nitrogens with zero attached hydrogens (tertiary/aromatic N) is 2. The predicted molar refractivity (Wildman–Crippen MR) is 81.4 cm³/mol. The Balaban J connectivity index is 1.91. The number of nitro benzene ring substituents is 1. The van der Waals surface area contributed by atoms with E-state index in [0.717, 1.165) is 21.8 Å². The van der Waals surface area contributed by atoms with Crippen molar-refractivity contribution < 1.29 is 4.92 Å². The minimum absolute atomic E-state index is 0.139. The van der Waals surface area contributed by atoms with Gasteiger partial charge in [-0.15, -0.1) is 11.3 Å². The van der Waals surface area contributed by atoms with E-state index in [2.05, 4.69) is 24.1 Å². The molecular weight excluding hydrogens is 274 g/mol. The Morgan fingerprint density at radius 3 is 2.85 bits per heavy atom. The summed E-state index contributed by atoms with van der Waals surface area (Å²) in [5.74, 6) is 0.593. The maximum atomic E-state index is 11.2. The first-order chi connectivity index (χ1) is 9.37. The molecule has 1 fully saturated rings. The fourth-order valence-corrected chi connectivity index (χ4v) is 3.37. The van der Waals surface area contributed by atoms with Gasteiger partial charge in [-0.25, -0.2) is 4.98 Å². The van der Waals surface area contributed by atoms with Crippen LogP contribution >= 0.6 is 11.3 Å². The first-order valence-corrected chi connectivity index (χ1v) is 7.48. The van der Waals surface area contributed by atoms with Crippen LogP contribution in [0.2, 0.25) is 0 Å². The van der Waals surface area contributed by atoms with Crippen molar-refractivity contribution in [2.24, 2.45) is 11.3 Å². The summed E-state index contributed by atoms with van der Waals surface area (Å²) in [4.78, 5) is 15.3. The number of anilines is 1. The molecule has 3 rings (SSSR count). The Morgan fingerprint density at radius 1 is 1.55 bits per heavy atom. The van der Waals surface area contributed by atoms with Crippen molar-refractivity contribution in [1.82, 2.24) is 4.98 Å². The molecule has 2 aromatic rings. The van der Waals surface area contributed by atoms with Gasteiger partial charge in [0.05, 0.1) is 20.1 Å². The second kappa shape index (κ2) is 4.41. The Morgan fingerprint density at radius 2 is 2.25 bits per heavy atom. The monoisotopic (exact) mass is 291 g/mol. The van der Waals surface area contributed by atoms with Crippen LogP contribution in [0.5, 0.6) is 0 Å². The summed E-state index contributed by atoms with van der Waals surface area (Å²) in [6.07, 6.45) is 1.17. The van der Waals surface area contributed by atoms with E-state index >= 15 is 0 Å². The number of hydrogen-bond donors (Lipinski definition) is 1. The summed E-state index contributed by atoms with van der Waals surface area (Å²) >= 11 is 1.49. The van der Waals surface area contributed by atoms with Gasteiger partial charge in [0.1, 0.15) is 5.69 Å². The molecule has 0 aliphatic heterocycles. The third-order valence-electron chi connectivity index (χ3n) is 4.07. The molecule has 1 N–H and O–H groups in total. The van der Waals surface area contributed by atoms with E-state index in [4.69, 9.17) is 0 Å². The lowest BCUT2D eigenvalue weighted by molar-refractivity contribution is -0.383. The maximum absolute atomic E-state index is 11.2. The van der Waals surface area contributed by atoms with Crippen LogP contribution in [0.4, 0.5) is 11.4 Å². The predicted octanol–water partition coefficient (Wildman–Crippen LogP) is 3.97. The number of nitrogens with one attached hydrogen (secondary N) is 1. The Kier molecular flexibility index (Phi) is 2.93. The lowest BCUT2D eigenvalue weighted by atomic mass is 10.1. The Bertz CT molecular complexity index is 693. The van der Waals surface area contributed by atoms with Crippen LogP contribution in [0, 0.1) is 28.4 Å². The van der Waals surface area contributed by atoms with E-state index in [-0.39, 0.29) is 10.6 Å². The standard InChI is InChI=1S/C14H17N3O2S/c1-8-16-11-4-10(15-7-9-6-14(9,2)3)12(17(18)19)5-13(11)20-8/h4-5,9,15H,6-7H2,1-3H3. The molecule has 1 aliphatic rings. The molecule has 0 saturated heterocycles. The van der Waals surface area contributed by atoms with Crippen LogP contribution in [-0.2, 0) is 0 Å². The van der Waals surface area contributed by atoms with Gasteiger partial charge in [-0.2, -0.15) is 0 Å². The largest absolute Gasteiger partial charge is 0.379 e. The molecule has 5 nitrogen and oxygen atoms in total. The zero-order valence-corrected chi connectivity index (χ0v) is 12.6. The first kappa shape index (κ1) is 13.3. The molecule has 1 unspecified atom stereocenters. The lowest BCUT2D eigenvalue weighted by Crippen LogP contribution is -2.08. The van der Waals surface area contributed by atoms with Crippen molar-refractivity contribution in [3.8, 4) is 0 Å². The number of rotatable bonds is 4. The van der Waals surface area contributed by atoms with Crippen molar-refractivity contribution in [3.05, 3.63) is 27.3 Å². The average Bonchev–Trinajstić information content (AvgIpc) is 2.78. The molecule has 20 heavy (non-hydrogen) atoms. The van der Waals surface area contributed by atoms with Crippen LogP contribution in [0.15, 0.2) is 12.1 Å². The number of thiazole rings is 1. The minimum atomic E-state index is -0.325. The first-order valence-electron chi connectivity index (χ1n) is 6.66.